The average Bonchev–Trinajstić information content (AvgIpc) is 3.02. The highest BCUT2D eigenvalue weighted by atomic mass is 127. The van der Waals surface area contributed by atoms with E-state index in [9.17, 15) is 0 Å². The van der Waals surface area contributed by atoms with Crippen molar-refractivity contribution in [3.05, 3.63) is 51.5 Å². The zero-order chi connectivity index (χ0) is 16.9. The van der Waals surface area contributed by atoms with Gasteiger partial charge in [-0.15, -0.1) is 35.3 Å². The Morgan fingerprint density at radius 1 is 1.32 bits per heavy atom. The van der Waals surface area contributed by atoms with E-state index in [2.05, 4.69) is 71.0 Å². The van der Waals surface area contributed by atoms with Gasteiger partial charge < -0.3 is 10.6 Å². The highest BCUT2D eigenvalue weighted by Gasteiger charge is 2.25. The van der Waals surface area contributed by atoms with Crippen molar-refractivity contribution in [2.24, 2.45) is 4.99 Å². The monoisotopic (exact) mass is 470 g/mol. The molecule has 2 aromatic rings. The number of benzene rings is 1. The SMILES string of the molecule is CCNC(=NCc1nc(C(C)C)cs1)NCC1Cc2ccccc21.I. The zero-order valence-electron chi connectivity index (χ0n) is 15.1. The summed E-state index contributed by atoms with van der Waals surface area (Å²) < 4.78 is 0. The molecule has 0 fully saturated rings. The number of hydrogen-bond acceptors (Lipinski definition) is 3. The van der Waals surface area contributed by atoms with E-state index in [1.54, 1.807) is 11.3 Å². The number of halogens is 1. The molecular weight excluding hydrogens is 443 g/mol. The molecule has 1 aromatic carbocycles. The number of fused-ring (bicyclic) bond motifs is 1. The molecule has 0 radical (unpaired) electrons. The number of nitrogens with one attached hydrogen (secondary N) is 2. The molecule has 0 aliphatic heterocycles. The molecule has 0 saturated heterocycles. The Morgan fingerprint density at radius 3 is 2.80 bits per heavy atom. The summed E-state index contributed by atoms with van der Waals surface area (Å²) in [5.74, 6) is 1.95. The number of rotatable bonds is 6. The summed E-state index contributed by atoms with van der Waals surface area (Å²) in [4.78, 5) is 9.34. The second kappa shape index (κ2) is 9.52. The number of nitrogens with zero attached hydrogens (tertiary/aromatic N) is 2. The first kappa shape index (κ1) is 20.2. The van der Waals surface area contributed by atoms with Crippen LogP contribution in [0.3, 0.4) is 0 Å². The van der Waals surface area contributed by atoms with Crippen molar-refractivity contribution in [3.8, 4) is 0 Å². The summed E-state index contributed by atoms with van der Waals surface area (Å²) in [7, 11) is 0. The third-order valence-electron chi connectivity index (χ3n) is 4.35. The molecule has 3 rings (SSSR count). The first-order valence-electron chi connectivity index (χ1n) is 8.71. The normalized spacial score (nSPS) is 16.0. The van der Waals surface area contributed by atoms with Gasteiger partial charge in [-0.3, -0.25) is 0 Å². The average molecular weight is 470 g/mol. The van der Waals surface area contributed by atoms with Gasteiger partial charge >= 0.3 is 0 Å². The molecule has 1 aliphatic rings. The maximum atomic E-state index is 4.69. The lowest BCUT2D eigenvalue weighted by Crippen LogP contribution is -2.41. The van der Waals surface area contributed by atoms with Gasteiger partial charge in [0, 0.05) is 24.4 Å². The van der Waals surface area contributed by atoms with Crippen LogP contribution in [0.4, 0.5) is 0 Å². The maximum Gasteiger partial charge on any atom is 0.191 e. The summed E-state index contributed by atoms with van der Waals surface area (Å²) in [6, 6.07) is 8.70. The maximum absolute atomic E-state index is 4.69. The molecule has 1 heterocycles. The number of aromatic nitrogens is 1. The molecule has 6 heteroatoms. The van der Waals surface area contributed by atoms with Crippen molar-refractivity contribution in [1.29, 1.82) is 0 Å². The van der Waals surface area contributed by atoms with Crippen LogP contribution in [0.15, 0.2) is 34.6 Å². The van der Waals surface area contributed by atoms with Crippen molar-refractivity contribution >= 4 is 41.3 Å². The van der Waals surface area contributed by atoms with Gasteiger partial charge in [0.05, 0.1) is 12.2 Å². The Labute approximate surface area is 171 Å². The quantitative estimate of drug-likeness (QED) is 0.377. The summed E-state index contributed by atoms with van der Waals surface area (Å²) >= 11 is 1.69. The molecule has 1 aromatic heterocycles. The lowest BCUT2D eigenvalue weighted by atomic mass is 9.78. The van der Waals surface area contributed by atoms with E-state index in [-0.39, 0.29) is 24.0 Å². The molecule has 2 N–H and O–H groups in total. The van der Waals surface area contributed by atoms with E-state index in [4.69, 9.17) is 0 Å². The first-order chi connectivity index (χ1) is 11.7. The molecule has 0 amide bonds. The Kier molecular flexibility index (Phi) is 7.68. The molecule has 1 atom stereocenters. The van der Waals surface area contributed by atoms with E-state index in [1.807, 2.05) is 0 Å². The van der Waals surface area contributed by atoms with E-state index in [1.165, 1.54) is 11.1 Å². The second-order valence-corrected chi connectivity index (χ2v) is 7.44. The van der Waals surface area contributed by atoms with Crippen LogP contribution in [0.2, 0.25) is 0 Å². The zero-order valence-corrected chi connectivity index (χ0v) is 18.2. The van der Waals surface area contributed by atoms with Crippen LogP contribution in [-0.4, -0.2) is 24.0 Å². The minimum absolute atomic E-state index is 0. The highest BCUT2D eigenvalue weighted by Crippen LogP contribution is 2.33. The summed E-state index contributed by atoms with van der Waals surface area (Å²) in [6.07, 6.45) is 1.16. The third-order valence-corrected chi connectivity index (χ3v) is 5.21. The standard InChI is InChI=1S/C19H26N4S.HI/c1-4-20-19(22-11-18-23-17(12-24-18)13(2)3)21-10-15-9-14-7-5-6-8-16(14)15;/h5-8,12-13,15H,4,9-11H2,1-3H3,(H2,20,21,22);1H. The number of guanidine groups is 1. The fraction of sp³-hybridized carbons (Fsp3) is 0.474. The Morgan fingerprint density at radius 2 is 2.12 bits per heavy atom. The molecule has 0 saturated carbocycles. The molecular formula is C19H27IN4S. The summed E-state index contributed by atoms with van der Waals surface area (Å²) in [5, 5.41) is 10.0. The molecule has 1 unspecified atom stereocenters. The summed E-state index contributed by atoms with van der Waals surface area (Å²) in [6.45, 7) is 8.86. The van der Waals surface area contributed by atoms with Crippen molar-refractivity contribution in [2.75, 3.05) is 13.1 Å². The molecule has 4 nitrogen and oxygen atoms in total. The van der Waals surface area contributed by atoms with E-state index < -0.39 is 0 Å². The third kappa shape index (κ3) is 5.17. The van der Waals surface area contributed by atoms with E-state index in [0.717, 1.165) is 36.2 Å². The van der Waals surface area contributed by atoms with E-state index in [0.29, 0.717) is 18.4 Å². The molecule has 0 bridgehead atoms. The molecule has 0 spiro atoms. The van der Waals surface area contributed by atoms with Crippen molar-refractivity contribution in [3.63, 3.8) is 0 Å². The fourth-order valence-corrected chi connectivity index (χ4v) is 3.79. The molecule has 136 valence electrons. The predicted octanol–water partition coefficient (Wildman–Crippen LogP) is 4.28. The minimum Gasteiger partial charge on any atom is -0.357 e. The number of hydrogen-bond donors (Lipinski definition) is 2. The van der Waals surface area contributed by atoms with Gasteiger partial charge in [-0.05, 0) is 30.4 Å². The smallest absolute Gasteiger partial charge is 0.191 e. The summed E-state index contributed by atoms with van der Waals surface area (Å²) in [5.41, 5.74) is 4.12. The second-order valence-electron chi connectivity index (χ2n) is 6.50. The van der Waals surface area contributed by atoms with Gasteiger partial charge in [0.1, 0.15) is 5.01 Å². The van der Waals surface area contributed by atoms with Crippen LogP contribution >= 0.6 is 35.3 Å². The van der Waals surface area contributed by atoms with Gasteiger partial charge in [0.15, 0.2) is 5.96 Å². The predicted molar refractivity (Wildman–Crippen MR) is 117 cm³/mol. The van der Waals surface area contributed by atoms with E-state index >= 15 is 0 Å². The first-order valence-corrected chi connectivity index (χ1v) is 9.59. The number of aliphatic imine (C=N–C) groups is 1. The van der Waals surface area contributed by atoms with Gasteiger partial charge in [-0.1, -0.05) is 38.1 Å². The van der Waals surface area contributed by atoms with Gasteiger partial charge in [0.25, 0.3) is 0 Å². The lowest BCUT2D eigenvalue weighted by Gasteiger charge is -2.30. The Bertz CT molecular complexity index is 711. The van der Waals surface area contributed by atoms with Gasteiger partial charge in [-0.25, -0.2) is 9.98 Å². The topological polar surface area (TPSA) is 49.3 Å². The van der Waals surface area contributed by atoms with Gasteiger partial charge in [0.2, 0.25) is 0 Å². The van der Waals surface area contributed by atoms with Crippen LogP contribution in [0, 0.1) is 0 Å². The van der Waals surface area contributed by atoms with Crippen LogP contribution in [0.25, 0.3) is 0 Å². The largest absolute Gasteiger partial charge is 0.357 e. The van der Waals surface area contributed by atoms with Crippen LogP contribution in [0.1, 0.15) is 54.4 Å². The van der Waals surface area contributed by atoms with Crippen LogP contribution in [-0.2, 0) is 13.0 Å². The highest BCUT2D eigenvalue weighted by molar-refractivity contribution is 14.0. The van der Waals surface area contributed by atoms with Crippen LogP contribution < -0.4 is 10.6 Å². The Hall–Kier alpha value is -1.15. The van der Waals surface area contributed by atoms with Crippen LogP contribution in [0.5, 0.6) is 0 Å². The molecule has 25 heavy (non-hydrogen) atoms. The Balaban J connectivity index is 0.00000225. The minimum atomic E-state index is 0. The van der Waals surface area contributed by atoms with Gasteiger partial charge in [-0.2, -0.15) is 0 Å². The fourth-order valence-electron chi connectivity index (χ4n) is 2.92. The van der Waals surface area contributed by atoms with Crippen molar-refractivity contribution in [1.82, 2.24) is 15.6 Å². The lowest BCUT2D eigenvalue weighted by molar-refractivity contribution is 0.584. The van der Waals surface area contributed by atoms with Crippen molar-refractivity contribution in [2.45, 2.75) is 45.6 Å². The van der Waals surface area contributed by atoms with Crippen molar-refractivity contribution < 1.29 is 0 Å². The number of thiazole rings is 1. The molecule has 1 aliphatic carbocycles.